The lowest BCUT2D eigenvalue weighted by atomic mass is 9.63. The lowest BCUT2D eigenvalue weighted by Crippen LogP contribution is -2.34. The number of carbonyl (C=O) groups is 2. The van der Waals surface area contributed by atoms with Gasteiger partial charge in [-0.2, -0.15) is 0 Å². The highest BCUT2D eigenvalue weighted by Crippen LogP contribution is 2.46. The van der Waals surface area contributed by atoms with Crippen molar-refractivity contribution in [1.82, 2.24) is 0 Å². The van der Waals surface area contributed by atoms with E-state index in [1.807, 2.05) is 6.07 Å². The standard InChI is InChI=1S/C35H48N2O4/c1-7-9-10-11-12-13-14-24-41-37-31(27-17-20-29-30(25-27)35(5,6)22-21-34(29,3)4)32(38)36-28-18-15-26(16-19-28)33(39)40-23-8-2/h8,15-20,25H,2,7,9-14,21-24H2,1,3-6H3,(H,36,38)/b37-31-. The van der Waals surface area contributed by atoms with E-state index in [-0.39, 0.29) is 29.1 Å². The molecule has 6 heteroatoms. The molecule has 0 radical (unpaired) electrons. The quantitative estimate of drug-likeness (QED) is 0.0779. The fourth-order valence-electron chi connectivity index (χ4n) is 5.29. The van der Waals surface area contributed by atoms with Crippen LogP contribution in [0.5, 0.6) is 0 Å². The average Bonchev–Trinajstić information content (AvgIpc) is 2.95. The normalized spacial score (nSPS) is 15.5. The average molecular weight is 561 g/mol. The summed E-state index contributed by atoms with van der Waals surface area (Å²) in [6.45, 7) is 15.5. The van der Waals surface area contributed by atoms with Gasteiger partial charge < -0.3 is 14.9 Å². The fraction of sp³-hybridized carbons (Fsp3) is 0.514. The van der Waals surface area contributed by atoms with Crippen molar-refractivity contribution in [3.63, 3.8) is 0 Å². The third-order valence-corrected chi connectivity index (χ3v) is 8.05. The molecule has 3 rings (SSSR count). The van der Waals surface area contributed by atoms with Crippen LogP contribution in [0.15, 0.2) is 60.3 Å². The van der Waals surface area contributed by atoms with Gasteiger partial charge in [0.15, 0.2) is 5.71 Å². The summed E-state index contributed by atoms with van der Waals surface area (Å²) in [6.07, 6.45) is 11.9. The molecule has 1 aliphatic carbocycles. The maximum Gasteiger partial charge on any atom is 0.338 e. The Hall–Kier alpha value is -3.41. The van der Waals surface area contributed by atoms with E-state index in [1.165, 1.54) is 49.3 Å². The summed E-state index contributed by atoms with van der Waals surface area (Å²) in [4.78, 5) is 31.4. The number of fused-ring (bicyclic) bond motifs is 1. The van der Waals surface area contributed by atoms with Crippen molar-refractivity contribution in [3.8, 4) is 0 Å². The number of unbranched alkanes of at least 4 members (excludes halogenated alkanes) is 6. The maximum absolute atomic E-state index is 13.6. The monoisotopic (exact) mass is 560 g/mol. The summed E-state index contributed by atoms with van der Waals surface area (Å²) in [5.41, 5.74) is 4.57. The van der Waals surface area contributed by atoms with Crippen LogP contribution in [-0.2, 0) is 25.2 Å². The van der Waals surface area contributed by atoms with Crippen molar-refractivity contribution in [2.75, 3.05) is 18.5 Å². The molecule has 1 aliphatic rings. The van der Waals surface area contributed by atoms with Crippen molar-refractivity contribution < 1.29 is 19.2 Å². The Morgan fingerprint density at radius 3 is 2.15 bits per heavy atom. The van der Waals surface area contributed by atoms with Crippen molar-refractivity contribution in [3.05, 3.63) is 77.4 Å². The van der Waals surface area contributed by atoms with E-state index in [1.54, 1.807) is 24.3 Å². The summed E-state index contributed by atoms with van der Waals surface area (Å²) in [5, 5.41) is 7.30. The Morgan fingerprint density at radius 2 is 1.49 bits per heavy atom. The van der Waals surface area contributed by atoms with Gasteiger partial charge in [-0.25, -0.2) is 4.79 Å². The molecule has 0 aromatic heterocycles. The number of benzene rings is 2. The molecule has 0 bridgehead atoms. The molecule has 0 saturated carbocycles. The van der Waals surface area contributed by atoms with E-state index in [0.717, 1.165) is 31.2 Å². The summed E-state index contributed by atoms with van der Waals surface area (Å²) >= 11 is 0. The van der Waals surface area contributed by atoms with Crippen LogP contribution in [0.3, 0.4) is 0 Å². The van der Waals surface area contributed by atoms with Crippen molar-refractivity contribution in [2.24, 2.45) is 5.16 Å². The van der Waals surface area contributed by atoms with Gasteiger partial charge in [0.1, 0.15) is 13.2 Å². The molecule has 0 unspecified atom stereocenters. The lowest BCUT2D eigenvalue weighted by molar-refractivity contribution is -0.110. The van der Waals surface area contributed by atoms with Crippen LogP contribution in [0.1, 0.15) is 119 Å². The van der Waals surface area contributed by atoms with E-state index in [0.29, 0.717) is 17.9 Å². The number of anilines is 1. The highest BCUT2D eigenvalue weighted by molar-refractivity contribution is 6.48. The lowest BCUT2D eigenvalue weighted by Gasteiger charge is -2.42. The number of nitrogens with one attached hydrogen (secondary N) is 1. The molecule has 6 nitrogen and oxygen atoms in total. The fourth-order valence-corrected chi connectivity index (χ4v) is 5.29. The first-order valence-corrected chi connectivity index (χ1v) is 15.1. The molecule has 222 valence electrons. The Morgan fingerprint density at radius 1 is 0.878 bits per heavy atom. The summed E-state index contributed by atoms with van der Waals surface area (Å²) in [6, 6.07) is 12.8. The van der Waals surface area contributed by atoms with E-state index >= 15 is 0 Å². The van der Waals surface area contributed by atoms with Crippen molar-refractivity contribution in [2.45, 2.75) is 103 Å². The zero-order valence-corrected chi connectivity index (χ0v) is 25.7. The molecule has 1 amide bonds. The van der Waals surface area contributed by atoms with Crippen LogP contribution >= 0.6 is 0 Å². The van der Waals surface area contributed by atoms with Gasteiger partial charge in [0.05, 0.1) is 5.56 Å². The highest BCUT2D eigenvalue weighted by Gasteiger charge is 2.37. The first kappa shape index (κ1) is 32.1. The predicted molar refractivity (Wildman–Crippen MR) is 168 cm³/mol. The van der Waals surface area contributed by atoms with Crippen LogP contribution in [0.4, 0.5) is 5.69 Å². The number of hydrogen-bond donors (Lipinski definition) is 1. The maximum atomic E-state index is 13.6. The second-order valence-corrected chi connectivity index (χ2v) is 12.3. The van der Waals surface area contributed by atoms with Crippen LogP contribution in [0.2, 0.25) is 0 Å². The van der Waals surface area contributed by atoms with Gasteiger partial charge in [0.25, 0.3) is 5.91 Å². The minimum absolute atomic E-state index is 0.00286. The molecule has 0 fully saturated rings. The molecule has 0 saturated heterocycles. The Kier molecular flexibility index (Phi) is 11.7. The number of oxime groups is 1. The topological polar surface area (TPSA) is 77.0 Å². The van der Waals surface area contributed by atoms with Gasteiger partial charge in [0.2, 0.25) is 0 Å². The van der Waals surface area contributed by atoms with E-state index in [9.17, 15) is 9.59 Å². The molecule has 2 aromatic carbocycles. The summed E-state index contributed by atoms with van der Waals surface area (Å²) < 4.78 is 5.09. The number of carbonyl (C=O) groups excluding carboxylic acids is 2. The largest absolute Gasteiger partial charge is 0.458 e. The van der Waals surface area contributed by atoms with Crippen LogP contribution < -0.4 is 5.32 Å². The second kappa shape index (κ2) is 15.0. The van der Waals surface area contributed by atoms with E-state index in [2.05, 4.69) is 63.8 Å². The third kappa shape index (κ3) is 9.04. The highest BCUT2D eigenvalue weighted by atomic mass is 16.6. The van der Waals surface area contributed by atoms with Crippen LogP contribution in [0.25, 0.3) is 0 Å². The number of esters is 1. The number of hydrogen-bond acceptors (Lipinski definition) is 5. The second-order valence-electron chi connectivity index (χ2n) is 12.3. The molecule has 2 aromatic rings. The van der Waals surface area contributed by atoms with E-state index < -0.39 is 5.97 Å². The molecule has 0 heterocycles. The van der Waals surface area contributed by atoms with Gasteiger partial charge in [-0.3, -0.25) is 4.79 Å². The Bertz CT molecular complexity index is 1210. The van der Waals surface area contributed by atoms with Gasteiger partial charge in [-0.15, -0.1) is 0 Å². The first-order chi connectivity index (χ1) is 19.6. The van der Waals surface area contributed by atoms with Crippen LogP contribution in [0, 0.1) is 0 Å². The molecule has 0 atom stereocenters. The van der Waals surface area contributed by atoms with Crippen LogP contribution in [-0.4, -0.2) is 30.8 Å². The smallest absolute Gasteiger partial charge is 0.338 e. The predicted octanol–water partition coefficient (Wildman–Crippen LogP) is 8.49. The number of amides is 1. The van der Waals surface area contributed by atoms with Gasteiger partial charge in [-0.05, 0) is 78.0 Å². The number of ether oxygens (including phenoxy) is 1. The molecule has 0 spiro atoms. The van der Waals surface area contributed by atoms with E-state index in [4.69, 9.17) is 9.57 Å². The molecular weight excluding hydrogens is 512 g/mol. The first-order valence-electron chi connectivity index (χ1n) is 15.1. The summed E-state index contributed by atoms with van der Waals surface area (Å²) in [5.74, 6) is -0.803. The zero-order valence-electron chi connectivity index (χ0n) is 25.7. The minimum atomic E-state index is -0.441. The zero-order chi connectivity index (χ0) is 29.9. The molecule has 1 N–H and O–H groups in total. The molecule has 41 heavy (non-hydrogen) atoms. The minimum Gasteiger partial charge on any atom is -0.458 e. The van der Waals surface area contributed by atoms with Crippen molar-refractivity contribution in [1.29, 1.82) is 0 Å². The van der Waals surface area contributed by atoms with Gasteiger partial charge in [-0.1, -0.05) is 96.7 Å². The Labute approximate surface area is 246 Å². The third-order valence-electron chi connectivity index (χ3n) is 8.05. The van der Waals surface area contributed by atoms with Gasteiger partial charge >= 0.3 is 5.97 Å². The van der Waals surface area contributed by atoms with Crippen molar-refractivity contribution >= 4 is 23.3 Å². The Balaban J connectivity index is 1.79. The van der Waals surface area contributed by atoms with Gasteiger partial charge in [0, 0.05) is 11.3 Å². The molecular formula is C35H48N2O4. The summed E-state index contributed by atoms with van der Waals surface area (Å²) in [7, 11) is 0. The SMILES string of the molecule is C=CCOC(=O)c1ccc(NC(=O)/C(=N\OCCCCCCCCC)c2ccc3c(c2)C(C)(C)CCC3(C)C)cc1. The number of rotatable bonds is 15. The molecule has 0 aliphatic heterocycles. The number of nitrogens with zero attached hydrogens (tertiary/aromatic N) is 1.